The summed E-state index contributed by atoms with van der Waals surface area (Å²) in [6, 6.07) is 5.37. The van der Waals surface area contributed by atoms with Gasteiger partial charge in [0.25, 0.3) is 0 Å². The van der Waals surface area contributed by atoms with E-state index in [1.165, 1.54) is 6.33 Å². The van der Waals surface area contributed by atoms with Crippen LogP contribution in [-0.4, -0.2) is 29.8 Å². The lowest BCUT2D eigenvalue weighted by atomic mass is 10.1. The highest BCUT2D eigenvalue weighted by Gasteiger charge is 2.25. The first-order chi connectivity index (χ1) is 12.8. The number of nitrogens with two attached hydrogens (primary N) is 1. The van der Waals surface area contributed by atoms with Gasteiger partial charge >= 0.3 is 0 Å². The predicted octanol–water partition coefficient (Wildman–Crippen LogP) is 2.85. The highest BCUT2D eigenvalue weighted by molar-refractivity contribution is 5.90. The number of aliphatic hydroxyl groups is 1. The number of hydrogen-bond donors (Lipinski definition) is 4. The molecule has 0 aliphatic rings. The summed E-state index contributed by atoms with van der Waals surface area (Å²) < 4.78 is 7.31. The first kappa shape index (κ1) is 17.1. The average Bonchev–Trinajstić information content (AvgIpc) is 3.33. The molecule has 4 aromatic heterocycles. The van der Waals surface area contributed by atoms with Crippen molar-refractivity contribution in [1.82, 2.24) is 24.7 Å². The Labute approximate surface area is 155 Å². The summed E-state index contributed by atoms with van der Waals surface area (Å²) in [5, 5.41) is 21.4. The van der Waals surface area contributed by atoms with Gasteiger partial charge in [-0.05, 0) is 32.9 Å². The van der Waals surface area contributed by atoms with Crippen LogP contribution in [0.25, 0.3) is 22.5 Å². The SMILES string of the molecule is CC(C)(C)n1cc(C(O)Nc2cc(-c3ccco3)[nH]n2)c2c(N)ncnc21. The average molecular weight is 367 g/mol. The molecule has 0 spiro atoms. The number of rotatable bonds is 4. The Morgan fingerprint density at radius 2 is 2.15 bits per heavy atom. The Morgan fingerprint density at radius 1 is 1.33 bits per heavy atom. The molecule has 0 saturated carbocycles. The molecule has 0 saturated heterocycles. The summed E-state index contributed by atoms with van der Waals surface area (Å²) in [5.41, 5.74) is 7.79. The second-order valence-corrected chi connectivity index (χ2v) is 7.27. The lowest BCUT2D eigenvalue weighted by Gasteiger charge is -2.21. The third-order valence-corrected chi connectivity index (χ3v) is 4.31. The molecule has 140 valence electrons. The number of nitrogen functional groups attached to an aromatic ring is 1. The number of nitrogens with zero attached hydrogens (tertiary/aromatic N) is 4. The van der Waals surface area contributed by atoms with Gasteiger partial charge in [0.1, 0.15) is 23.5 Å². The summed E-state index contributed by atoms with van der Waals surface area (Å²) >= 11 is 0. The minimum absolute atomic E-state index is 0.240. The maximum Gasteiger partial charge on any atom is 0.154 e. The Hall–Kier alpha value is -3.33. The molecule has 9 heteroatoms. The van der Waals surface area contributed by atoms with Crippen LogP contribution in [0.5, 0.6) is 0 Å². The topological polar surface area (TPSA) is 131 Å². The van der Waals surface area contributed by atoms with E-state index in [1.54, 1.807) is 18.4 Å². The minimum atomic E-state index is -1.04. The number of aliphatic hydroxyl groups excluding tert-OH is 1. The van der Waals surface area contributed by atoms with E-state index in [0.29, 0.717) is 39.7 Å². The Balaban J connectivity index is 1.70. The summed E-state index contributed by atoms with van der Waals surface area (Å²) in [5.74, 6) is 1.45. The van der Waals surface area contributed by atoms with E-state index in [0.717, 1.165) is 0 Å². The molecule has 1 unspecified atom stereocenters. The van der Waals surface area contributed by atoms with Gasteiger partial charge in [-0.3, -0.25) is 5.10 Å². The van der Waals surface area contributed by atoms with Crippen molar-refractivity contribution in [2.75, 3.05) is 11.1 Å². The number of fused-ring (bicyclic) bond motifs is 1. The van der Waals surface area contributed by atoms with Crippen molar-refractivity contribution in [1.29, 1.82) is 0 Å². The third-order valence-electron chi connectivity index (χ3n) is 4.31. The van der Waals surface area contributed by atoms with E-state index in [-0.39, 0.29) is 5.54 Å². The monoisotopic (exact) mass is 367 g/mol. The van der Waals surface area contributed by atoms with Gasteiger partial charge in [-0.1, -0.05) is 0 Å². The molecule has 0 aliphatic heterocycles. The zero-order valence-electron chi connectivity index (χ0n) is 15.3. The number of aromatic nitrogens is 5. The van der Waals surface area contributed by atoms with Crippen LogP contribution in [-0.2, 0) is 5.54 Å². The standard InChI is InChI=1S/C18H21N7O2/c1-18(2,3)25-8-10(14-15(19)20-9-21-16(14)25)17(26)22-13-7-11(23-24-13)12-5-4-6-27-12/h4-9,17,26H,1-3H3,(H2,19,20,21)(H2,22,23,24). The van der Waals surface area contributed by atoms with E-state index in [4.69, 9.17) is 10.2 Å². The van der Waals surface area contributed by atoms with Crippen molar-refractivity contribution in [2.45, 2.75) is 32.5 Å². The largest absolute Gasteiger partial charge is 0.463 e. The van der Waals surface area contributed by atoms with E-state index in [1.807, 2.05) is 16.8 Å². The molecule has 0 amide bonds. The quantitative estimate of drug-likeness (QED) is 0.408. The number of nitrogens with one attached hydrogen (secondary N) is 2. The number of hydrogen-bond acceptors (Lipinski definition) is 7. The summed E-state index contributed by atoms with van der Waals surface area (Å²) in [4.78, 5) is 8.43. The van der Waals surface area contributed by atoms with Crippen LogP contribution in [0, 0.1) is 0 Å². The van der Waals surface area contributed by atoms with Crippen molar-refractivity contribution in [3.63, 3.8) is 0 Å². The molecule has 4 heterocycles. The molecule has 0 aliphatic carbocycles. The van der Waals surface area contributed by atoms with Crippen LogP contribution in [0.1, 0.15) is 32.6 Å². The van der Waals surface area contributed by atoms with Gasteiger partial charge < -0.3 is 25.1 Å². The molecule has 4 rings (SSSR count). The zero-order chi connectivity index (χ0) is 19.2. The Kier molecular flexibility index (Phi) is 3.88. The van der Waals surface area contributed by atoms with Crippen LogP contribution in [0.3, 0.4) is 0 Å². The molecular weight excluding hydrogens is 346 g/mol. The highest BCUT2D eigenvalue weighted by Crippen LogP contribution is 2.33. The fourth-order valence-corrected chi connectivity index (χ4v) is 3.00. The van der Waals surface area contributed by atoms with Crippen LogP contribution in [0.15, 0.2) is 41.4 Å². The molecule has 27 heavy (non-hydrogen) atoms. The second-order valence-electron chi connectivity index (χ2n) is 7.27. The summed E-state index contributed by atoms with van der Waals surface area (Å²) in [7, 11) is 0. The number of H-pyrrole nitrogens is 1. The molecule has 0 bridgehead atoms. The van der Waals surface area contributed by atoms with Gasteiger partial charge in [-0.15, -0.1) is 0 Å². The Morgan fingerprint density at radius 3 is 2.85 bits per heavy atom. The van der Waals surface area contributed by atoms with Crippen molar-refractivity contribution >= 4 is 22.7 Å². The molecule has 0 radical (unpaired) electrons. The first-order valence-corrected chi connectivity index (χ1v) is 8.50. The third kappa shape index (κ3) is 3.02. The van der Waals surface area contributed by atoms with Crippen molar-refractivity contribution in [2.24, 2.45) is 0 Å². The molecule has 9 nitrogen and oxygen atoms in total. The number of furan rings is 1. The number of aromatic amines is 1. The lowest BCUT2D eigenvalue weighted by Crippen LogP contribution is -2.21. The molecule has 4 aromatic rings. The maximum atomic E-state index is 10.8. The normalized spacial score (nSPS) is 13.2. The molecule has 1 atom stereocenters. The molecular formula is C18H21N7O2. The van der Waals surface area contributed by atoms with Gasteiger partial charge in [-0.2, -0.15) is 5.10 Å². The maximum absolute atomic E-state index is 10.8. The van der Waals surface area contributed by atoms with Crippen molar-refractivity contribution in [3.05, 3.63) is 42.5 Å². The van der Waals surface area contributed by atoms with Crippen LogP contribution < -0.4 is 11.1 Å². The summed E-state index contributed by atoms with van der Waals surface area (Å²) in [6.07, 6.45) is 3.81. The van der Waals surface area contributed by atoms with Gasteiger partial charge in [0.2, 0.25) is 0 Å². The van der Waals surface area contributed by atoms with Crippen LogP contribution in [0.2, 0.25) is 0 Å². The van der Waals surface area contributed by atoms with Crippen LogP contribution in [0.4, 0.5) is 11.6 Å². The van der Waals surface area contributed by atoms with Gasteiger partial charge in [0.15, 0.2) is 17.8 Å². The van der Waals surface area contributed by atoms with Gasteiger partial charge in [0.05, 0.1) is 11.6 Å². The van der Waals surface area contributed by atoms with Crippen LogP contribution >= 0.6 is 0 Å². The Bertz CT molecular complexity index is 1070. The van der Waals surface area contributed by atoms with E-state index >= 15 is 0 Å². The van der Waals surface area contributed by atoms with Gasteiger partial charge in [-0.25, -0.2) is 9.97 Å². The number of anilines is 2. The fourth-order valence-electron chi connectivity index (χ4n) is 3.00. The molecule has 5 N–H and O–H groups in total. The van der Waals surface area contributed by atoms with Crippen molar-refractivity contribution < 1.29 is 9.52 Å². The first-order valence-electron chi connectivity index (χ1n) is 8.50. The van der Waals surface area contributed by atoms with Gasteiger partial charge in [0, 0.05) is 23.4 Å². The smallest absolute Gasteiger partial charge is 0.154 e. The molecule has 0 aromatic carbocycles. The van der Waals surface area contributed by atoms with Crippen molar-refractivity contribution in [3.8, 4) is 11.5 Å². The summed E-state index contributed by atoms with van der Waals surface area (Å²) in [6.45, 7) is 6.16. The second kappa shape index (κ2) is 6.13. The highest BCUT2D eigenvalue weighted by atomic mass is 16.3. The minimum Gasteiger partial charge on any atom is -0.463 e. The lowest BCUT2D eigenvalue weighted by molar-refractivity contribution is 0.208. The van der Waals surface area contributed by atoms with E-state index < -0.39 is 6.23 Å². The molecule has 0 fully saturated rings. The predicted molar refractivity (Wildman–Crippen MR) is 102 cm³/mol. The van der Waals surface area contributed by atoms with E-state index in [2.05, 4.69) is 46.3 Å². The van der Waals surface area contributed by atoms with E-state index in [9.17, 15) is 5.11 Å². The zero-order valence-corrected chi connectivity index (χ0v) is 15.3. The fraction of sp³-hybridized carbons (Fsp3) is 0.278.